The fourth-order valence-electron chi connectivity index (χ4n) is 1.69. The summed E-state index contributed by atoms with van der Waals surface area (Å²) in [6, 6.07) is 9.96. The summed E-state index contributed by atoms with van der Waals surface area (Å²) in [5.41, 5.74) is 1.33. The van der Waals surface area contributed by atoms with E-state index in [0.29, 0.717) is 16.8 Å². The molecule has 0 aliphatic heterocycles. The standard InChI is InChI=1S/C14H10BrFN2O2S/c1-9-2-3-10(8-17)6-13(9)18-21(19,20)14-5-4-11(16)7-12(14)15/h2-7,18H,1H3. The zero-order valence-corrected chi connectivity index (χ0v) is 13.3. The Bertz CT molecular complexity index is 845. The van der Waals surface area contributed by atoms with Gasteiger partial charge in [-0.15, -0.1) is 0 Å². The van der Waals surface area contributed by atoms with Crippen molar-refractivity contribution in [3.8, 4) is 6.07 Å². The van der Waals surface area contributed by atoms with Crippen LogP contribution < -0.4 is 4.72 Å². The summed E-state index contributed by atoms with van der Waals surface area (Å²) in [6.45, 7) is 1.72. The van der Waals surface area contributed by atoms with Crippen LogP contribution in [0.4, 0.5) is 10.1 Å². The zero-order valence-electron chi connectivity index (χ0n) is 10.9. The predicted molar refractivity (Wildman–Crippen MR) is 80.8 cm³/mol. The number of nitrogens with zero attached hydrogens (tertiary/aromatic N) is 1. The van der Waals surface area contributed by atoms with Gasteiger partial charge in [0.1, 0.15) is 10.7 Å². The van der Waals surface area contributed by atoms with E-state index in [0.717, 1.165) is 12.1 Å². The molecule has 0 spiro atoms. The first-order valence-corrected chi connectivity index (χ1v) is 8.10. The van der Waals surface area contributed by atoms with Crippen molar-refractivity contribution in [3.63, 3.8) is 0 Å². The van der Waals surface area contributed by atoms with Gasteiger partial charge in [-0.2, -0.15) is 5.26 Å². The minimum Gasteiger partial charge on any atom is -0.279 e. The van der Waals surface area contributed by atoms with Gasteiger partial charge in [0, 0.05) is 4.47 Å². The van der Waals surface area contributed by atoms with Gasteiger partial charge in [-0.1, -0.05) is 6.07 Å². The number of nitrogens with one attached hydrogen (secondary N) is 1. The predicted octanol–water partition coefficient (Wildman–Crippen LogP) is 3.57. The number of hydrogen-bond donors (Lipinski definition) is 1. The van der Waals surface area contributed by atoms with E-state index in [4.69, 9.17) is 5.26 Å². The van der Waals surface area contributed by atoms with Gasteiger partial charge >= 0.3 is 0 Å². The molecular weight excluding hydrogens is 359 g/mol. The summed E-state index contributed by atoms with van der Waals surface area (Å²) in [7, 11) is -3.88. The second-order valence-corrected chi connectivity index (χ2v) is 6.83. The van der Waals surface area contributed by atoms with Crippen molar-refractivity contribution in [1.29, 1.82) is 5.26 Å². The van der Waals surface area contributed by atoms with Gasteiger partial charge in [0.15, 0.2) is 0 Å². The SMILES string of the molecule is Cc1ccc(C#N)cc1NS(=O)(=O)c1ccc(F)cc1Br. The molecule has 4 nitrogen and oxygen atoms in total. The highest BCUT2D eigenvalue weighted by Crippen LogP contribution is 2.26. The number of hydrogen-bond acceptors (Lipinski definition) is 3. The van der Waals surface area contributed by atoms with Crippen LogP contribution >= 0.6 is 15.9 Å². The molecule has 0 bridgehead atoms. The maximum atomic E-state index is 13.0. The van der Waals surface area contributed by atoms with Crippen LogP contribution in [0.15, 0.2) is 45.8 Å². The van der Waals surface area contributed by atoms with Gasteiger partial charge in [-0.3, -0.25) is 4.72 Å². The number of aryl methyl sites for hydroxylation is 1. The molecular formula is C14H10BrFN2O2S. The van der Waals surface area contributed by atoms with E-state index in [2.05, 4.69) is 20.7 Å². The number of anilines is 1. The third-order valence-electron chi connectivity index (χ3n) is 2.79. The lowest BCUT2D eigenvalue weighted by Gasteiger charge is -2.12. The Kier molecular flexibility index (Phi) is 4.30. The molecule has 0 heterocycles. The Balaban J connectivity index is 2.45. The second-order valence-electron chi connectivity index (χ2n) is 4.32. The van der Waals surface area contributed by atoms with E-state index in [-0.39, 0.29) is 9.37 Å². The molecule has 0 fully saturated rings. The van der Waals surface area contributed by atoms with Crippen LogP contribution in [0.25, 0.3) is 0 Å². The van der Waals surface area contributed by atoms with Crippen LogP contribution in [0.1, 0.15) is 11.1 Å². The summed E-state index contributed by atoms with van der Waals surface area (Å²) in [6.07, 6.45) is 0. The molecule has 0 amide bonds. The molecule has 0 unspecified atom stereocenters. The highest BCUT2D eigenvalue weighted by molar-refractivity contribution is 9.10. The molecule has 0 radical (unpaired) electrons. The van der Waals surface area contributed by atoms with E-state index in [1.165, 1.54) is 12.1 Å². The van der Waals surface area contributed by atoms with Crippen LogP contribution in [0.3, 0.4) is 0 Å². The molecule has 7 heteroatoms. The Morgan fingerprint density at radius 2 is 1.95 bits per heavy atom. The summed E-state index contributed by atoms with van der Waals surface area (Å²) in [5, 5.41) is 8.87. The number of halogens is 2. The second kappa shape index (κ2) is 5.84. The van der Waals surface area contributed by atoms with E-state index in [9.17, 15) is 12.8 Å². The maximum Gasteiger partial charge on any atom is 0.263 e. The van der Waals surface area contributed by atoms with Crippen molar-refractivity contribution < 1.29 is 12.8 Å². The average Bonchev–Trinajstić information content (AvgIpc) is 2.40. The Morgan fingerprint density at radius 1 is 1.24 bits per heavy atom. The molecule has 0 saturated heterocycles. The van der Waals surface area contributed by atoms with E-state index in [1.54, 1.807) is 19.1 Å². The minimum absolute atomic E-state index is 0.0781. The van der Waals surface area contributed by atoms with E-state index >= 15 is 0 Å². The highest BCUT2D eigenvalue weighted by atomic mass is 79.9. The Morgan fingerprint density at radius 3 is 2.57 bits per heavy atom. The van der Waals surface area contributed by atoms with Crippen LogP contribution in [0.5, 0.6) is 0 Å². The van der Waals surface area contributed by atoms with Crippen LogP contribution in [-0.2, 0) is 10.0 Å². The molecule has 0 aromatic heterocycles. The first-order chi connectivity index (χ1) is 9.83. The van der Waals surface area contributed by atoms with Crippen molar-refractivity contribution in [2.45, 2.75) is 11.8 Å². The lowest BCUT2D eigenvalue weighted by atomic mass is 10.1. The molecule has 0 atom stereocenters. The summed E-state index contributed by atoms with van der Waals surface area (Å²) < 4.78 is 40.3. The quantitative estimate of drug-likeness (QED) is 0.899. The smallest absolute Gasteiger partial charge is 0.263 e. The average molecular weight is 369 g/mol. The highest BCUT2D eigenvalue weighted by Gasteiger charge is 2.19. The lowest BCUT2D eigenvalue weighted by molar-refractivity contribution is 0.599. The van der Waals surface area contributed by atoms with Crippen LogP contribution in [0.2, 0.25) is 0 Å². The zero-order chi connectivity index (χ0) is 15.6. The number of rotatable bonds is 3. The largest absolute Gasteiger partial charge is 0.279 e. The number of benzene rings is 2. The Labute approximate surface area is 130 Å². The van der Waals surface area contributed by atoms with Gasteiger partial charge in [0.05, 0.1) is 17.3 Å². The molecule has 2 rings (SSSR count). The molecule has 108 valence electrons. The number of nitriles is 1. The summed E-state index contributed by atoms with van der Waals surface area (Å²) in [4.78, 5) is -0.0781. The normalized spacial score (nSPS) is 11.0. The van der Waals surface area contributed by atoms with Crippen molar-refractivity contribution in [1.82, 2.24) is 0 Å². The fraction of sp³-hybridized carbons (Fsp3) is 0.0714. The van der Waals surface area contributed by atoms with Crippen molar-refractivity contribution in [2.75, 3.05) is 4.72 Å². The third kappa shape index (κ3) is 3.40. The molecule has 0 saturated carbocycles. The minimum atomic E-state index is -3.88. The lowest BCUT2D eigenvalue weighted by Crippen LogP contribution is -2.14. The monoisotopic (exact) mass is 368 g/mol. The fourth-order valence-corrected chi connectivity index (χ4v) is 3.87. The topological polar surface area (TPSA) is 70.0 Å². The molecule has 1 N–H and O–H groups in total. The Hall–Kier alpha value is -1.91. The van der Waals surface area contributed by atoms with Crippen molar-refractivity contribution >= 4 is 31.6 Å². The maximum absolute atomic E-state index is 13.0. The van der Waals surface area contributed by atoms with Crippen molar-refractivity contribution in [2.24, 2.45) is 0 Å². The van der Waals surface area contributed by atoms with Gasteiger partial charge in [0.25, 0.3) is 10.0 Å². The molecule has 2 aromatic carbocycles. The molecule has 0 aliphatic rings. The number of sulfonamides is 1. The molecule has 21 heavy (non-hydrogen) atoms. The van der Waals surface area contributed by atoms with Gasteiger partial charge in [0.2, 0.25) is 0 Å². The van der Waals surface area contributed by atoms with Crippen LogP contribution in [-0.4, -0.2) is 8.42 Å². The first kappa shape index (κ1) is 15.5. The first-order valence-electron chi connectivity index (χ1n) is 5.82. The van der Waals surface area contributed by atoms with Crippen molar-refractivity contribution in [3.05, 3.63) is 57.8 Å². The summed E-state index contributed by atoms with van der Waals surface area (Å²) in [5.74, 6) is -0.538. The van der Waals surface area contributed by atoms with Gasteiger partial charge in [-0.25, -0.2) is 12.8 Å². The van der Waals surface area contributed by atoms with E-state index in [1.807, 2.05) is 6.07 Å². The van der Waals surface area contributed by atoms with Gasteiger partial charge in [-0.05, 0) is 58.7 Å². The molecule has 0 aliphatic carbocycles. The van der Waals surface area contributed by atoms with Crippen LogP contribution in [0, 0.1) is 24.1 Å². The molecule has 2 aromatic rings. The van der Waals surface area contributed by atoms with Gasteiger partial charge < -0.3 is 0 Å². The van der Waals surface area contributed by atoms with E-state index < -0.39 is 15.8 Å². The third-order valence-corrected chi connectivity index (χ3v) is 5.14. The summed E-state index contributed by atoms with van der Waals surface area (Å²) >= 11 is 3.03.